The Morgan fingerprint density at radius 1 is 1.20 bits per heavy atom. The Bertz CT molecular complexity index is 1360. The Labute approximate surface area is 186 Å². The van der Waals surface area contributed by atoms with Crippen LogP contribution in [0.3, 0.4) is 0 Å². The number of amides is 1. The molecule has 0 spiro atoms. The lowest BCUT2D eigenvalue weighted by Crippen LogP contribution is -2.21. The van der Waals surface area contributed by atoms with Gasteiger partial charge in [0.1, 0.15) is 4.70 Å². The van der Waals surface area contributed by atoms with E-state index in [2.05, 4.69) is 10.3 Å². The molecule has 2 aromatic heterocycles. The Morgan fingerprint density at radius 2 is 1.97 bits per heavy atom. The van der Waals surface area contributed by atoms with E-state index in [0.29, 0.717) is 19.5 Å². The molecule has 30 heavy (non-hydrogen) atoms. The van der Waals surface area contributed by atoms with Gasteiger partial charge in [0.15, 0.2) is 14.8 Å². The third-order valence-corrected chi connectivity index (χ3v) is 6.80. The van der Waals surface area contributed by atoms with Gasteiger partial charge in [-0.1, -0.05) is 53.4 Å². The molecule has 0 fully saturated rings. The number of rotatable bonds is 5. The van der Waals surface area contributed by atoms with Crippen LogP contribution >= 0.6 is 35.3 Å². The van der Waals surface area contributed by atoms with Crippen LogP contribution in [0.15, 0.2) is 64.5 Å². The molecule has 0 aliphatic carbocycles. The molecule has 0 aliphatic heterocycles. The largest absolute Gasteiger partial charge is 0.325 e. The molecule has 0 aliphatic rings. The van der Waals surface area contributed by atoms with Crippen molar-refractivity contribution in [2.45, 2.75) is 12.1 Å². The van der Waals surface area contributed by atoms with E-state index in [9.17, 15) is 9.59 Å². The summed E-state index contributed by atoms with van der Waals surface area (Å²) in [5.41, 5.74) is 3.00. The number of hydrogen-bond acceptors (Lipinski definition) is 6. The number of nitrogens with one attached hydrogen (secondary N) is 1. The van der Waals surface area contributed by atoms with E-state index < -0.39 is 0 Å². The number of nitrogens with zero attached hydrogens (tertiary/aromatic N) is 3. The lowest BCUT2D eigenvalue weighted by molar-refractivity contribution is -0.113. The first-order valence-corrected chi connectivity index (χ1v) is 11.3. The summed E-state index contributed by atoms with van der Waals surface area (Å²) in [7, 11) is 1.66. The van der Waals surface area contributed by atoms with E-state index in [1.165, 1.54) is 27.7 Å². The van der Waals surface area contributed by atoms with Crippen LogP contribution in [0.1, 0.15) is 5.56 Å². The van der Waals surface area contributed by atoms with E-state index in [-0.39, 0.29) is 17.2 Å². The van der Waals surface area contributed by atoms with E-state index in [4.69, 9.17) is 12.2 Å². The second-order valence-corrected chi connectivity index (χ2v) is 9.24. The van der Waals surface area contributed by atoms with E-state index in [1.54, 1.807) is 11.6 Å². The number of carbonyl (C=O) groups is 1. The average molecular weight is 455 g/mol. The van der Waals surface area contributed by atoms with Gasteiger partial charge < -0.3 is 5.32 Å². The molecule has 4 aromatic rings. The summed E-state index contributed by atoms with van der Waals surface area (Å²) in [5, 5.41) is 3.33. The lowest BCUT2D eigenvalue weighted by atomic mass is 10.2. The molecular formula is C21H18N4O2S3. The van der Waals surface area contributed by atoms with Crippen molar-refractivity contribution in [1.29, 1.82) is 0 Å². The molecule has 0 atom stereocenters. The molecular weight excluding hydrogens is 436 g/mol. The minimum Gasteiger partial charge on any atom is -0.325 e. The fraction of sp³-hybridized carbons (Fsp3) is 0.143. The monoisotopic (exact) mass is 454 g/mol. The zero-order valence-corrected chi connectivity index (χ0v) is 18.7. The molecule has 0 saturated heterocycles. The predicted molar refractivity (Wildman–Crippen MR) is 126 cm³/mol. The Hall–Kier alpha value is -2.75. The van der Waals surface area contributed by atoms with Crippen molar-refractivity contribution in [3.63, 3.8) is 0 Å². The molecule has 1 N–H and O–H groups in total. The fourth-order valence-electron chi connectivity index (χ4n) is 3.00. The fourth-order valence-corrected chi connectivity index (χ4v) is 5.11. The molecule has 6 nitrogen and oxygen atoms in total. The van der Waals surface area contributed by atoms with Gasteiger partial charge in [-0.25, -0.2) is 4.98 Å². The second-order valence-electron chi connectivity index (χ2n) is 6.66. The predicted octanol–water partition coefficient (Wildman–Crippen LogP) is 4.55. The van der Waals surface area contributed by atoms with Crippen LogP contribution in [0.4, 0.5) is 5.69 Å². The van der Waals surface area contributed by atoms with Gasteiger partial charge in [-0.2, -0.15) is 0 Å². The van der Waals surface area contributed by atoms with Crippen molar-refractivity contribution in [3.8, 4) is 5.69 Å². The van der Waals surface area contributed by atoms with Gasteiger partial charge in [-0.3, -0.25) is 18.7 Å². The van der Waals surface area contributed by atoms with Gasteiger partial charge >= 0.3 is 0 Å². The van der Waals surface area contributed by atoms with Gasteiger partial charge in [-0.15, -0.1) is 0 Å². The SMILES string of the molecule is Cc1cccc(NC(=O)CSc2nc3c(sc(=S)n3-c3ccccc3)c(=O)n2C)c1. The molecule has 152 valence electrons. The van der Waals surface area contributed by atoms with Crippen LogP contribution in [0.25, 0.3) is 16.0 Å². The maximum atomic E-state index is 12.9. The summed E-state index contributed by atoms with van der Waals surface area (Å²) < 4.78 is 4.32. The molecule has 4 rings (SSSR count). The Kier molecular flexibility index (Phi) is 5.85. The van der Waals surface area contributed by atoms with Gasteiger partial charge in [0.05, 0.1) is 5.75 Å². The highest BCUT2D eigenvalue weighted by atomic mass is 32.2. The molecule has 2 aromatic carbocycles. The van der Waals surface area contributed by atoms with Crippen LogP contribution < -0.4 is 10.9 Å². The highest BCUT2D eigenvalue weighted by Crippen LogP contribution is 2.25. The number of para-hydroxylation sites is 1. The first-order chi connectivity index (χ1) is 14.4. The van der Waals surface area contributed by atoms with Gasteiger partial charge in [-0.05, 0) is 49.0 Å². The summed E-state index contributed by atoms with van der Waals surface area (Å²) in [6.07, 6.45) is 0. The molecule has 2 heterocycles. The first-order valence-electron chi connectivity index (χ1n) is 9.11. The normalized spacial score (nSPS) is 11.0. The molecule has 0 unspecified atom stereocenters. The highest BCUT2D eigenvalue weighted by Gasteiger charge is 2.17. The Morgan fingerprint density at radius 3 is 2.70 bits per heavy atom. The van der Waals surface area contributed by atoms with Crippen molar-refractivity contribution >= 4 is 57.3 Å². The zero-order valence-electron chi connectivity index (χ0n) is 16.3. The summed E-state index contributed by atoms with van der Waals surface area (Å²) in [4.78, 5) is 29.9. The number of aromatic nitrogens is 3. The van der Waals surface area contributed by atoms with Gasteiger partial charge in [0.2, 0.25) is 5.91 Å². The third-order valence-electron chi connectivity index (χ3n) is 4.42. The smallest absolute Gasteiger partial charge is 0.273 e. The molecule has 0 bridgehead atoms. The van der Waals surface area contributed by atoms with Crippen LogP contribution in [0.5, 0.6) is 0 Å². The van der Waals surface area contributed by atoms with Crippen molar-refractivity contribution in [3.05, 3.63) is 74.5 Å². The molecule has 0 saturated carbocycles. The quantitative estimate of drug-likeness (QED) is 0.272. The minimum atomic E-state index is -0.174. The van der Waals surface area contributed by atoms with E-state index in [0.717, 1.165) is 16.9 Å². The minimum absolute atomic E-state index is 0.135. The van der Waals surface area contributed by atoms with E-state index in [1.807, 2.05) is 61.5 Å². The summed E-state index contributed by atoms with van der Waals surface area (Å²) in [6.45, 7) is 1.97. The Balaban J connectivity index is 1.64. The van der Waals surface area contributed by atoms with Crippen molar-refractivity contribution in [1.82, 2.24) is 14.1 Å². The van der Waals surface area contributed by atoms with Crippen LogP contribution in [0, 0.1) is 10.9 Å². The van der Waals surface area contributed by atoms with Crippen molar-refractivity contribution in [2.24, 2.45) is 7.05 Å². The maximum Gasteiger partial charge on any atom is 0.273 e. The van der Waals surface area contributed by atoms with Gasteiger partial charge in [0, 0.05) is 18.4 Å². The van der Waals surface area contributed by atoms with Crippen LogP contribution in [-0.4, -0.2) is 25.8 Å². The number of thioether (sulfide) groups is 1. The third kappa shape index (κ3) is 4.09. The number of carbonyl (C=O) groups excluding carboxylic acids is 1. The van der Waals surface area contributed by atoms with Crippen molar-refractivity contribution in [2.75, 3.05) is 11.1 Å². The van der Waals surface area contributed by atoms with Gasteiger partial charge in [0.25, 0.3) is 5.56 Å². The number of hydrogen-bond donors (Lipinski definition) is 1. The average Bonchev–Trinajstić information content (AvgIpc) is 3.06. The summed E-state index contributed by atoms with van der Waals surface area (Å²) in [5.74, 6) is -0.0270. The standard InChI is InChI=1S/C21H18N4O2S3/c1-13-7-6-8-14(11-13)22-16(26)12-29-20-23-18-17(19(27)24(20)2)30-21(28)25(18)15-9-4-3-5-10-15/h3-11H,12H2,1-2H3,(H,22,26). The highest BCUT2D eigenvalue weighted by molar-refractivity contribution is 7.99. The van der Waals surface area contributed by atoms with Crippen LogP contribution in [-0.2, 0) is 11.8 Å². The summed E-state index contributed by atoms with van der Waals surface area (Å²) >= 11 is 7.95. The maximum absolute atomic E-state index is 12.9. The summed E-state index contributed by atoms with van der Waals surface area (Å²) in [6, 6.07) is 17.2. The number of anilines is 1. The number of thiazole rings is 1. The number of fused-ring (bicyclic) bond motifs is 1. The number of benzene rings is 2. The molecule has 1 amide bonds. The second kappa shape index (κ2) is 8.55. The molecule has 9 heteroatoms. The first kappa shape index (κ1) is 20.5. The van der Waals surface area contributed by atoms with E-state index >= 15 is 0 Å². The lowest BCUT2D eigenvalue weighted by Gasteiger charge is -2.09. The topological polar surface area (TPSA) is 68.9 Å². The molecule has 0 radical (unpaired) electrons. The zero-order chi connectivity index (χ0) is 21.3. The number of aryl methyl sites for hydroxylation is 1. The van der Waals surface area contributed by atoms with Crippen LogP contribution in [0.2, 0.25) is 0 Å². The van der Waals surface area contributed by atoms with Crippen molar-refractivity contribution < 1.29 is 4.79 Å².